The van der Waals surface area contributed by atoms with E-state index in [0.717, 1.165) is 6.42 Å². The summed E-state index contributed by atoms with van der Waals surface area (Å²) in [6, 6.07) is 0. The molecule has 0 aliphatic heterocycles. The molecule has 0 bridgehead atoms. The van der Waals surface area contributed by atoms with E-state index >= 15 is 0 Å². The van der Waals surface area contributed by atoms with Crippen LogP contribution in [0.3, 0.4) is 0 Å². The molecule has 0 fully saturated rings. The molecular weight excluding hydrogens is 352 g/mol. The van der Waals surface area contributed by atoms with Crippen LogP contribution in [0.4, 0.5) is 0 Å². The van der Waals surface area contributed by atoms with Crippen molar-refractivity contribution in [1.82, 2.24) is 0 Å². The minimum Gasteiger partial charge on any atom is -0.462 e. The van der Waals surface area contributed by atoms with E-state index in [1.165, 1.54) is 57.8 Å². The summed E-state index contributed by atoms with van der Waals surface area (Å²) < 4.78 is 9.86. The van der Waals surface area contributed by atoms with Gasteiger partial charge in [0, 0.05) is 11.1 Å². The van der Waals surface area contributed by atoms with Gasteiger partial charge in [0.15, 0.2) is 0 Å². The van der Waals surface area contributed by atoms with Crippen molar-refractivity contribution < 1.29 is 19.1 Å². The first-order valence-electron chi connectivity index (χ1n) is 10.9. The maximum atomic E-state index is 11.1. The molecule has 4 heteroatoms. The smallest absolute Gasteiger partial charge is 0.333 e. The molecular formula is C24H44O4. The Morgan fingerprint density at radius 1 is 0.714 bits per heavy atom. The molecule has 164 valence electrons. The van der Waals surface area contributed by atoms with E-state index in [1.807, 2.05) is 13.8 Å². The molecule has 28 heavy (non-hydrogen) atoms. The van der Waals surface area contributed by atoms with E-state index in [1.54, 1.807) is 13.8 Å². The van der Waals surface area contributed by atoms with Crippen LogP contribution >= 0.6 is 0 Å². The number of carbonyl (C=O) groups excluding carboxylic acids is 2. The SMILES string of the molecule is C=C(C)C(=O)OCC(C)C.C=C(C)C(=O)OCCCCCCCCCCCC. The molecule has 0 aliphatic rings. The zero-order valence-electron chi connectivity index (χ0n) is 19.1. The van der Waals surface area contributed by atoms with E-state index in [-0.39, 0.29) is 11.9 Å². The van der Waals surface area contributed by atoms with Crippen LogP contribution in [0.25, 0.3) is 0 Å². The fraction of sp³-hybridized carbons (Fsp3) is 0.750. The highest BCUT2D eigenvalue weighted by molar-refractivity contribution is 5.87. The Labute approximate surface area is 173 Å². The second-order valence-corrected chi connectivity index (χ2v) is 7.87. The van der Waals surface area contributed by atoms with Crippen LogP contribution in [0.5, 0.6) is 0 Å². The minimum atomic E-state index is -0.297. The number of hydrogen-bond acceptors (Lipinski definition) is 4. The number of ether oxygens (including phenoxy) is 2. The van der Waals surface area contributed by atoms with Gasteiger partial charge in [-0.1, -0.05) is 91.7 Å². The predicted octanol–water partition coefficient (Wildman–Crippen LogP) is 6.79. The van der Waals surface area contributed by atoms with Gasteiger partial charge >= 0.3 is 11.9 Å². The van der Waals surface area contributed by atoms with Crippen LogP contribution in [0.1, 0.15) is 98.8 Å². The normalized spacial score (nSPS) is 10.1. The first-order valence-corrected chi connectivity index (χ1v) is 10.9. The minimum absolute atomic E-state index is 0.258. The quantitative estimate of drug-likeness (QED) is 0.174. The topological polar surface area (TPSA) is 52.6 Å². The summed E-state index contributed by atoms with van der Waals surface area (Å²) in [6.45, 7) is 17.6. The summed E-state index contributed by atoms with van der Waals surface area (Å²) in [7, 11) is 0. The number of esters is 2. The van der Waals surface area contributed by atoms with Crippen LogP contribution in [-0.4, -0.2) is 25.2 Å². The van der Waals surface area contributed by atoms with Gasteiger partial charge in [-0.15, -0.1) is 0 Å². The van der Waals surface area contributed by atoms with Gasteiger partial charge in [0.05, 0.1) is 13.2 Å². The van der Waals surface area contributed by atoms with Crippen LogP contribution in [0.2, 0.25) is 0 Å². The van der Waals surface area contributed by atoms with Crippen molar-refractivity contribution in [3.8, 4) is 0 Å². The standard InChI is InChI=1S/C16H30O2.C8H14O2/c1-4-5-6-7-8-9-10-11-12-13-14-18-16(17)15(2)3;1-6(2)5-10-8(9)7(3)4/h2,4-14H2,1,3H3;6H,3,5H2,1-2,4H3. The van der Waals surface area contributed by atoms with Crippen molar-refractivity contribution in [2.75, 3.05) is 13.2 Å². The lowest BCUT2D eigenvalue weighted by molar-refractivity contribution is -0.140. The third-order valence-electron chi connectivity index (χ3n) is 3.98. The van der Waals surface area contributed by atoms with Crippen LogP contribution in [0, 0.1) is 5.92 Å². The molecule has 0 amide bonds. The Bertz CT molecular complexity index is 438. The van der Waals surface area contributed by atoms with E-state index in [2.05, 4.69) is 20.1 Å². The van der Waals surface area contributed by atoms with E-state index in [0.29, 0.717) is 30.3 Å². The first-order chi connectivity index (χ1) is 13.2. The molecule has 0 saturated carbocycles. The Morgan fingerprint density at radius 2 is 1.11 bits per heavy atom. The van der Waals surface area contributed by atoms with E-state index in [9.17, 15) is 9.59 Å². The van der Waals surface area contributed by atoms with Gasteiger partial charge in [0.2, 0.25) is 0 Å². The molecule has 0 N–H and O–H groups in total. The zero-order chi connectivity index (χ0) is 21.8. The lowest BCUT2D eigenvalue weighted by Crippen LogP contribution is -2.09. The lowest BCUT2D eigenvalue weighted by Gasteiger charge is -2.05. The molecule has 0 aromatic rings. The monoisotopic (exact) mass is 396 g/mol. The highest BCUT2D eigenvalue weighted by Crippen LogP contribution is 2.10. The Hall–Kier alpha value is -1.58. The average molecular weight is 397 g/mol. The number of hydrogen-bond donors (Lipinski definition) is 0. The number of carbonyl (C=O) groups is 2. The second kappa shape index (κ2) is 20.2. The van der Waals surface area contributed by atoms with Crippen molar-refractivity contribution in [2.24, 2.45) is 5.92 Å². The fourth-order valence-corrected chi connectivity index (χ4v) is 2.24. The molecule has 4 nitrogen and oxygen atoms in total. The number of unbranched alkanes of at least 4 members (excludes halogenated alkanes) is 9. The molecule has 0 aromatic heterocycles. The van der Waals surface area contributed by atoms with Gasteiger partial charge < -0.3 is 9.47 Å². The average Bonchev–Trinajstić information content (AvgIpc) is 2.64. The van der Waals surface area contributed by atoms with Crippen LogP contribution < -0.4 is 0 Å². The highest BCUT2D eigenvalue weighted by atomic mass is 16.5. The molecule has 0 heterocycles. The maximum Gasteiger partial charge on any atom is 0.333 e. The molecule has 0 rings (SSSR count). The molecule has 0 aliphatic carbocycles. The van der Waals surface area contributed by atoms with Gasteiger partial charge in [-0.25, -0.2) is 9.59 Å². The van der Waals surface area contributed by atoms with E-state index in [4.69, 9.17) is 9.47 Å². The van der Waals surface area contributed by atoms with Crippen molar-refractivity contribution >= 4 is 11.9 Å². The van der Waals surface area contributed by atoms with Crippen molar-refractivity contribution in [2.45, 2.75) is 98.8 Å². The molecule has 0 radical (unpaired) electrons. The first kappa shape index (κ1) is 28.6. The van der Waals surface area contributed by atoms with Gasteiger partial charge in [-0.2, -0.15) is 0 Å². The fourth-order valence-electron chi connectivity index (χ4n) is 2.24. The second-order valence-electron chi connectivity index (χ2n) is 7.87. The van der Waals surface area contributed by atoms with Crippen molar-refractivity contribution in [1.29, 1.82) is 0 Å². The molecule has 0 aromatic carbocycles. The lowest BCUT2D eigenvalue weighted by atomic mass is 10.1. The molecule has 0 atom stereocenters. The molecule has 0 saturated heterocycles. The van der Waals surface area contributed by atoms with Crippen LogP contribution in [0.15, 0.2) is 24.3 Å². The summed E-state index contributed by atoms with van der Waals surface area (Å²) in [6.07, 6.45) is 13.0. The van der Waals surface area contributed by atoms with Crippen LogP contribution in [-0.2, 0) is 19.1 Å². The predicted molar refractivity (Wildman–Crippen MR) is 118 cm³/mol. The molecule has 0 unspecified atom stereocenters. The van der Waals surface area contributed by atoms with Gasteiger partial charge in [0.25, 0.3) is 0 Å². The summed E-state index contributed by atoms with van der Waals surface area (Å²) in [4.78, 5) is 21.8. The van der Waals surface area contributed by atoms with Gasteiger partial charge in [-0.3, -0.25) is 0 Å². The highest BCUT2D eigenvalue weighted by Gasteiger charge is 2.03. The third kappa shape index (κ3) is 22.5. The maximum absolute atomic E-state index is 11.1. The van der Waals surface area contributed by atoms with Gasteiger partial charge in [0.1, 0.15) is 0 Å². The molecule has 0 spiro atoms. The van der Waals surface area contributed by atoms with Crippen molar-refractivity contribution in [3.05, 3.63) is 24.3 Å². The van der Waals surface area contributed by atoms with Crippen molar-refractivity contribution in [3.63, 3.8) is 0 Å². The van der Waals surface area contributed by atoms with Gasteiger partial charge in [-0.05, 0) is 26.2 Å². The van der Waals surface area contributed by atoms with E-state index < -0.39 is 0 Å². The Morgan fingerprint density at radius 3 is 1.50 bits per heavy atom. The zero-order valence-corrected chi connectivity index (χ0v) is 19.1. The summed E-state index contributed by atoms with van der Waals surface area (Å²) >= 11 is 0. The summed E-state index contributed by atoms with van der Waals surface area (Å²) in [5, 5.41) is 0. The Kier molecular flexibility index (Phi) is 20.6. The summed E-state index contributed by atoms with van der Waals surface area (Å²) in [5.74, 6) is -0.164. The summed E-state index contributed by atoms with van der Waals surface area (Å²) in [5.41, 5.74) is 0.947. The third-order valence-corrected chi connectivity index (χ3v) is 3.98. The largest absolute Gasteiger partial charge is 0.462 e. The Balaban J connectivity index is 0. The number of rotatable bonds is 15.